The third kappa shape index (κ3) is 2.74. The maximum atomic E-state index is 12.1. The van der Waals surface area contributed by atoms with E-state index >= 15 is 0 Å². The molecule has 22 heavy (non-hydrogen) atoms. The predicted molar refractivity (Wildman–Crippen MR) is 80.2 cm³/mol. The minimum absolute atomic E-state index is 0.0244. The lowest BCUT2D eigenvalue weighted by molar-refractivity contribution is -0.117. The largest absolute Gasteiger partial charge is 0.467 e. The van der Waals surface area contributed by atoms with Crippen molar-refractivity contribution in [3.63, 3.8) is 0 Å². The van der Waals surface area contributed by atoms with E-state index in [0.717, 1.165) is 10.9 Å². The maximum Gasteiger partial charge on any atom is 0.262 e. The van der Waals surface area contributed by atoms with Gasteiger partial charge in [-0.15, -0.1) is 0 Å². The van der Waals surface area contributed by atoms with Crippen molar-refractivity contribution in [1.82, 2.24) is 15.3 Å². The predicted octanol–water partition coefficient (Wildman–Crippen LogP) is 2.38. The van der Waals surface area contributed by atoms with Crippen molar-refractivity contribution in [2.45, 2.75) is 6.54 Å². The van der Waals surface area contributed by atoms with Gasteiger partial charge in [0.2, 0.25) is 0 Å². The highest BCUT2D eigenvalue weighted by molar-refractivity contribution is 6.03. The molecule has 0 saturated heterocycles. The number of fused-ring (bicyclic) bond motifs is 1. The first-order valence-electron chi connectivity index (χ1n) is 6.62. The molecule has 3 heterocycles. The van der Waals surface area contributed by atoms with Gasteiger partial charge in [-0.05, 0) is 30.3 Å². The van der Waals surface area contributed by atoms with Crippen LogP contribution in [-0.4, -0.2) is 15.9 Å². The smallest absolute Gasteiger partial charge is 0.262 e. The van der Waals surface area contributed by atoms with Crippen LogP contribution in [0, 0.1) is 11.3 Å². The Morgan fingerprint density at radius 2 is 2.36 bits per heavy atom. The summed E-state index contributed by atoms with van der Waals surface area (Å²) in [4.78, 5) is 19.2. The van der Waals surface area contributed by atoms with Gasteiger partial charge in [0.1, 0.15) is 23.0 Å². The summed E-state index contributed by atoms with van der Waals surface area (Å²) in [6.45, 7) is 0.236. The normalized spacial score (nSPS) is 11.3. The van der Waals surface area contributed by atoms with Gasteiger partial charge in [-0.25, -0.2) is 4.98 Å². The Labute approximate surface area is 126 Å². The molecule has 0 aromatic carbocycles. The van der Waals surface area contributed by atoms with Crippen LogP contribution in [0.3, 0.4) is 0 Å². The fraction of sp³-hybridized carbons (Fsp3) is 0.0625. The van der Waals surface area contributed by atoms with Gasteiger partial charge in [-0.2, -0.15) is 5.26 Å². The van der Waals surface area contributed by atoms with Crippen LogP contribution in [0.2, 0.25) is 0 Å². The van der Waals surface area contributed by atoms with Crippen LogP contribution in [0.4, 0.5) is 0 Å². The van der Waals surface area contributed by atoms with Gasteiger partial charge in [0, 0.05) is 23.3 Å². The molecular weight excluding hydrogens is 280 g/mol. The van der Waals surface area contributed by atoms with Crippen LogP contribution in [-0.2, 0) is 11.3 Å². The topological polar surface area (TPSA) is 94.7 Å². The van der Waals surface area contributed by atoms with Gasteiger partial charge in [0.15, 0.2) is 0 Å². The van der Waals surface area contributed by atoms with Gasteiger partial charge in [0.25, 0.3) is 5.91 Å². The molecule has 0 atom stereocenters. The molecule has 0 aliphatic heterocycles. The molecule has 6 heteroatoms. The molecule has 0 radical (unpaired) electrons. The highest BCUT2D eigenvalue weighted by atomic mass is 16.3. The number of aromatic amines is 1. The van der Waals surface area contributed by atoms with E-state index in [1.165, 1.54) is 12.3 Å². The van der Waals surface area contributed by atoms with Gasteiger partial charge < -0.3 is 14.7 Å². The number of nitrogens with one attached hydrogen (secondary N) is 2. The zero-order valence-electron chi connectivity index (χ0n) is 11.5. The van der Waals surface area contributed by atoms with Crippen LogP contribution in [0.1, 0.15) is 11.3 Å². The van der Waals surface area contributed by atoms with Crippen LogP contribution in [0.25, 0.3) is 17.1 Å². The van der Waals surface area contributed by atoms with Crippen molar-refractivity contribution >= 4 is 23.0 Å². The van der Waals surface area contributed by atoms with Crippen molar-refractivity contribution in [2.24, 2.45) is 0 Å². The molecular formula is C16H12N4O2. The Balaban J connectivity index is 1.81. The number of nitriles is 1. The molecule has 2 N–H and O–H groups in total. The fourth-order valence-corrected chi connectivity index (χ4v) is 2.08. The number of carbonyl (C=O) groups is 1. The Morgan fingerprint density at radius 3 is 3.14 bits per heavy atom. The van der Waals surface area contributed by atoms with Crippen molar-refractivity contribution in [3.05, 3.63) is 59.8 Å². The van der Waals surface area contributed by atoms with E-state index in [9.17, 15) is 10.1 Å². The molecule has 3 aromatic heterocycles. The number of rotatable bonds is 4. The second kappa shape index (κ2) is 5.97. The zero-order chi connectivity index (χ0) is 15.4. The highest BCUT2D eigenvalue weighted by Crippen LogP contribution is 2.18. The van der Waals surface area contributed by atoms with E-state index in [-0.39, 0.29) is 12.1 Å². The second-order valence-corrected chi connectivity index (χ2v) is 4.58. The minimum Gasteiger partial charge on any atom is -0.467 e. The summed E-state index contributed by atoms with van der Waals surface area (Å²) in [7, 11) is 0. The minimum atomic E-state index is -0.447. The summed E-state index contributed by atoms with van der Waals surface area (Å²) in [6, 6.07) is 9.09. The summed E-state index contributed by atoms with van der Waals surface area (Å²) in [5, 5.41) is 12.7. The number of pyridine rings is 1. The Kier molecular flexibility index (Phi) is 3.70. The van der Waals surface area contributed by atoms with E-state index in [4.69, 9.17) is 4.42 Å². The first-order chi connectivity index (χ1) is 10.8. The number of hydrogen-bond acceptors (Lipinski definition) is 4. The van der Waals surface area contributed by atoms with Crippen LogP contribution in [0.15, 0.2) is 52.9 Å². The molecule has 0 unspecified atom stereocenters. The molecule has 0 saturated carbocycles. The summed E-state index contributed by atoms with van der Waals surface area (Å²) in [5.74, 6) is 0.180. The molecule has 0 aliphatic rings. The second-order valence-electron chi connectivity index (χ2n) is 4.58. The first-order valence-corrected chi connectivity index (χ1v) is 6.62. The van der Waals surface area contributed by atoms with E-state index < -0.39 is 5.91 Å². The lowest BCUT2D eigenvalue weighted by Gasteiger charge is -2.01. The molecule has 3 aromatic rings. The average Bonchev–Trinajstić information content (AvgIpc) is 3.20. The molecule has 1 amide bonds. The molecule has 0 fully saturated rings. The molecule has 0 bridgehead atoms. The summed E-state index contributed by atoms with van der Waals surface area (Å²) in [5.41, 5.74) is 1.48. The van der Waals surface area contributed by atoms with Gasteiger partial charge in [-0.1, -0.05) is 0 Å². The van der Waals surface area contributed by atoms with E-state index in [1.807, 2.05) is 12.1 Å². The van der Waals surface area contributed by atoms with Crippen LogP contribution >= 0.6 is 0 Å². The molecule has 0 aliphatic carbocycles. The van der Waals surface area contributed by atoms with Gasteiger partial charge in [-0.3, -0.25) is 4.79 Å². The average molecular weight is 292 g/mol. The number of amides is 1. The molecule has 3 rings (SSSR count). The number of furan rings is 1. The number of nitrogens with zero attached hydrogens (tertiary/aromatic N) is 2. The van der Waals surface area contributed by atoms with Gasteiger partial charge >= 0.3 is 0 Å². The maximum absolute atomic E-state index is 12.1. The number of carbonyl (C=O) groups excluding carboxylic acids is 1. The summed E-state index contributed by atoms with van der Waals surface area (Å²) in [6.07, 6.45) is 6.46. The highest BCUT2D eigenvalue weighted by Gasteiger charge is 2.11. The zero-order valence-corrected chi connectivity index (χ0v) is 11.5. The van der Waals surface area contributed by atoms with E-state index in [1.54, 1.807) is 30.6 Å². The standard InChI is InChI=1S/C16H12N4O2/c17-8-11(16(21)20-10-13-3-2-6-22-13)7-12-9-19-15-14(12)4-1-5-18-15/h1-7,9H,10H2,(H,18,19)(H,20,21)/b11-7+. The summed E-state index contributed by atoms with van der Waals surface area (Å²) >= 11 is 0. The van der Waals surface area contributed by atoms with Crippen LogP contribution in [0.5, 0.6) is 0 Å². The monoisotopic (exact) mass is 292 g/mol. The van der Waals surface area contributed by atoms with Crippen LogP contribution < -0.4 is 5.32 Å². The molecule has 108 valence electrons. The quantitative estimate of drug-likeness (QED) is 0.570. The number of aromatic nitrogens is 2. The lowest BCUT2D eigenvalue weighted by Crippen LogP contribution is -2.23. The Hall–Kier alpha value is -3.33. The number of hydrogen-bond donors (Lipinski definition) is 2. The Morgan fingerprint density at radius 1 is 1.45 bits per heavy atom. The third-order valence-electron chi connectivity index (χ3n) is 3.15. The summed E-state index contributed by atoms with van der Waals surface area (Å²) < 4.78 is 5.13. The van der Waals surface area contributed by atoms with Crippen molar-refractivity contribution < 1.29 is 9.21 Å². The fourth-order valence-electron chi connectivity index (χ4n) is 2.08. The Bertz CT molecular complexity index is 869. The van der Waals surface area contributed by atoms with Crippen molar-refractivity contribution in [2.75, 3.05) is 0 Å². The van der Waals surface area contributed by atoms with Crippen molar-refractivity contribution in [3.8, 4) is 6.07 Å². The lowest BCUT2D eigenvalue weighted by atomic mass is 10.1. The number of H-pyrrole nitrogens is 1. The van der Waals surface area contributed by atoms with Crippen molar-refractivity contribution in [1.29, 1.82) is 5.26 Å². The van der Waals surface area contributed by atoms with E-state index in [0.29, 0.717) is 11.4 Å². The van der Waals surface area contributed by atoms with E-state index in [2.05, 4.69) is 15.3 Å². The SMILES string of the molecule is N#C/C(=C\c1c[nH]c2ncccc12)C(=O)NCc1ccco1. The molecule has 6 nitrogen and oxygen atoms in total. The molecule has 0 spiro atoms. The third-order valence-corrected chi connectivity index (χ3v) is 3.15. The first kappa shape index (κ1) is 13.6. The van der Waals surface area contributed by atoms with Gasteiger partial charge in [0.05, 0.1) is 12.8 Å².